The highest BCUT2D eigenvalue weighted by Gasteiger charge is 2.87. The van der Waals surface area contributed by atoms with E-state index >= 15 is 0 Å². The largest absolute Gasteiger partial charge is 0.481 e. The minimum absolute atomic E-state index is 1.32. The molecule has 0 radical (unpaired) electrons. The first-order valence-corrected chi connectivity index (χ1v) is 7.02. The van der Waals surface area contributed by atoms with Crippen molar-refractivity contribution in [3.05, 3.63) is 0 Å². The fraction of sp³-hybridized carbons (Fsp3) is 0.714. The molecule has 134 valence electrons. The van der Waals surface area contributed by atoms with Gasteiger partial charge in [0.25, 0.3) is 0 Å². The van der Waals surface area contributed by atoms with Gasteiger partial charge in [0.05, 0.1) is 0 Å². The third-order valence-corrected chi connectivity index (χ3v) is 5.44. The molecule has 2 fully saturated rings. The number of carboxylic acid groups (broad SMARTS) is 4. The first-order chi connectivity index (χ1) is 10.7. The highest BCUT2D eigenvalue weighted by molar-refractivity contribution is 5.96. The van der Waals surface area contributed by atoms with Gasteiger partial charge in [-0.25, -0.2) is 19.4 Å². The van der Waals surface area contributed by atoms with E-state index in [1.165, 1.54) is 27.7 Å². The summed E-state index contributed by atoms with van der Waals surface area (Å²) in [5.74, 6) is -9.10. The molecule has 2 aliphatic carbocycles. The predicted octanol–water partition coefficient (Wildman–Crippen LogP) is 0.0626. The molecule has 10 nitrogen and oxygen atoms in total. The maximum absolute atomic E-state index is 11.6. The minimum atomic E-state index is -2.30. The zero-order valence-corrected chi connectivity index (χ0v) is 13.4. The number of aliphatic carboxylic acids is 4. The van der Waals surface area contributed by atoms with Gasteiger partial charge in [0.1, 0.15) is 11.8 Å². The second-order valence-corrected chi connectivity index (χ2v) is 7.23. The highest BCUT2D eigenvalue weighted by atomic mass is 17.2. The Morgan fingerprint density at radius 2 is 0.917 bits per heavy atom. The Morgan fingerprint density at radius 1 is 0.667 bits per heavy atom. The lowest BCUT2D eigenvalue weighted by atomic mass is 10.1. The summed E-state index contributed by atoms with van der Waals surface area (Å²) < 4.78 is 0. The highest BCUT2D eigenvalue weighted by Crippen LogP contribution is 2.68. The van der Waals surface area contributed by atoms with Crippen molar-refractivity contribution in [1.82, 2.24) is 0 Å². The number of carboxylic acids is 4. The van der Waals surface area contributed by atoms with Gasteiger partial charge in [0, 0.05) is 10.8 Å². The van der Waals surface area contributed by atoms with E-state index in [-0.39, 0.29) is 0 Å². The van der Waals surface area contributed by atoms with Gasteiger partial charge >= 0.3 is 23.9 Å². The Labute approximate surface area is 135 Å². The molecule has 0 aromatic heterocycles. The molecule has 2 aliphatic rings. The first-order valence-electron chi connectivity index (χ1n) is 7.02. The van der Waals surface area contributed by atoms with Crippen LogP contribution < -0.4 is 0 Å². The summed E-state index contributed by atoms with van der Waals surface area (Å²) in [5, 5.41) is 37.1. The lowest BCUT2D eigenvalue weighted by Gasteiger charge is -2.20. The lowest BCUT2D eigenvalue weighted by molar-refractivity contribution is -0.373. The van der Waals surface area contributed by atoms with Gasteiger partial charge in [0.15, 0.2) is 0 Å². The van der Waals surface area contributed by atoms with Crippen LogP contribution >= 0.6 is 0 Å². The van der Waals surface area contributed by atoms with Crippen molar-refractivity contribution in [2.75, 3.05) is 0 Å². The topological polar surface area (TPSA) is 168 Å². The van der Waals surface area contributed by atoms with Crippen LogP contribution in [0.4, 0.5) is 0 Å². The van der Waals surface area contributed by atoms with Gasteiger partial charge in [-0.15, -0.1) is 0 Å². The van der Waals surface area contributed by atoms with Crippen LogP contribution in [0, 0.1) is 22.7 Å². The normalized spacial score (nSPS) is 38.2. The van der Waals surface area contributed by atoms with Crippen molar-refractivity contribution in [1.29, 1.82) is 0 Å². The van der Waals surface area contributed by atoms with Crippen LogP contribution in [0.3, 0.4) is 0 Å². The quantitative estimate of drug-likeness (QED) is 0.365. The van der Waals surface area contributed by atoms with Crippen molar-refractivity contribution in [3.8, 4) is 0 Å². The molecule has 0 spiro atoms. The Bertz CT molecular complexity index is 594. The Balaban J connectivity index is 2.35. The van der Waals surface area contributed by atoms with Crippen LogP contribution in [-0.2, 0) is 29.0 Å². The van der Waals surface area contributed by atoms with Gasteiger partial charge in [0.2, 0.25) is 11.2 Å². The average Bonchev–Trinajstić information content (AvgIpc) is 3.10. The minimum Gasteiger partial charge on any atom is -0.481 e. The number of hydrogen-bond acceptors (Lipinski definition) is 6. The summed E-state index contributed by atoms with van der Waals surface area (Å²) in [7, 11) is 0. The van der Waals surface area contributed by atoms with Crippen molar-refractivity contribution in [2.24, 2.45) is 22.7 Å². The molecule has 0 aromatic carbocycles. The van der Waals surface area contributed by atoms with Gasteiger partial charge in [-0.3, -0.25) is 9.59 Å². The zero-order chi connectivity index (χ0) is 18.9. The monoisotopic (exact) mass is 346 g/mol. The van der Waals surface area contributed by atoms with E-state index in [1.54, 1.807) is 0 Å². The second-order valence-electron chi connectivity index (χ2n) is 7.23. The smallest absolute Gasteiger partial charge is 0.340 e. The third-order valence-electron chi connectivity index (χ3n) is 5.44. The van der Waals surface area contributed by atoms with E-state index < -0.39 is 57.7 Å². The van der Waals surface area contributed by atoms with E-state index in [4.69, 9.17) is 20.0 Å². The maximum atomic E-state index is 11.6. The molecule has 0 saturated heterocycles. The molecule has 24 heavy (non-hydrogen) atoms. The van der Waals surface area contributed by atoms with Crippen LogP contribution in [0.25, 0.3) is 0 Å². The number of rotatable bonds is 7. The van der Waals surface area contributed by atoms with Crippen molar-refractivity contribution in [3.63, 3.8) is 0 Å². The second kappa shape index (κ2) is 4.67. The van der Waals surface area contributed by atoms with Crippen LogP contribution in [0.1, 0.15) is 27.7 Å². The molecule has 0 aromatic rings. The van der Waals surface area contributed by atoms with Crippen molar-refractivity contribution < 1.29 is 49.4 Å². The fourth-order valence-electron chi connectivity index (χ4n) is 3.72. The molecule has 0 amide bonds. The van der Waals surface area contributed by atoms with E-state index in [1.807, 2.05) is 0 Å². The van der Waals surface area contributed by atoms with Crippen molar-refractivity contribution in [2.45, 2.75) is 38.9 Å². The SMILES string of the molecule is CC1(C)C(C(=O)O)C1(OOC1(C(=O)O)C(C(=O)O)C1(C)C)C(=O)O. The first kappa shape index (κ1) is 18.1. The van der Waals surface area contributed by atoms with E-state index in [2.05, 4.69) is 0 Å². The van der Waals surface area contributed by atoms with Gasteiger partial charge in [-0.05, 0) is 0 Å². The molecule has 0 heterocycles. The van der Waals surface area contributed by atoms with Gasteiger partial charge in [-0.1, -0.05) is 27.7 Å². The molecule has 0 aliphatic heterocycles. The molecule has 2 saturated carbocycles. The Hall–Kier alpha value is -2.20. The van der Waals surface area contributed by atoms with Crippen LogP contribution in [0.5, 0.6) is 0 Å². The summed E-state index contributed by atoms with van der Waals surface area (Å²) >= 11 is 0. The molecular weight excluding hydrogens is 328 g/mol. The summed E-state index contributed by atoms with van der Waals surface area (Å²) in [6, 6.07) is 0. The molecule has 4 N–H and O–H groups in total. The van der Waals surface area contributed by atoms with E-state index in [0.717, 1.165) is 0 Å². The zero-order valence-electron chi connectivity index (χ0n) is 13.4. The summed E-state index contributed by atoms with van der Waals surface area (Å²) in [6.07, 6.45) is 0. The van der Waals surface area contributed by atoms with Crippen LogP contribution in [0.2, 0.25) is 0 Å². The number of hydrogen-bond donors (Lipinski definition) is 4. The van der Waals surface area contributed by atoms with E-state index in [0.29, 0.717) is 0 Å². The Morgan fingerprint density at radius 3 is 1.04 bits per heavy atom. The molecule has 4 unspecified atom stereocenters. The lowest BCUT2D eigenvalue weighted by Crippen LogP contribution is -2.40. The molecule has 4 atom stereocenters. The van der Waals surface area contributed by atoms with Crippen molar-refractivity contribution >= 4 is 23.9 Å². The maximum Gasteiger partial charge on any atom is 0.340 e. The molecule has 10 heteroatoms. The average molecular weight is 346 g/mol. The molecule has 2 rings (SSSR count). The van der Waals surface area contributed by atoms with E-state index in [9.17, 15) is 29.4 Å². The molecule has 0 bridgehead atoms. The summed E-state index contributed by atoms with van der Waals surface area (Å²) in [6.45, 7) is 5.29. The summed E-state index contributed by atoms with van der Waals surface area (Å²) in [5.41, 5.74) is -7.35. The fourth-order valence-corrected chi connectivity index (χ4v) is 3.72. The van der Waals surface area contributed by atoms with Crippen LogP contribution in [0.15, 0.2) is 0 Å². The predicted molar refractivity (Wildman–Crippen MR) is 72.7 cm³/mol. The third kappa shape index (κ3) is 1.77. The Kier molecular flexibility index (Phi) is 3.53. The summed E-state index contributed by atoms with van der Waals surface area (Å²) in [4.78, 5) is 55.4. The van der Waals surface area contributed by atoms with Gasteiger partial charge < -0.3 is 20.4 Å². The number of carbonyl (C=O) groups is 4. The molecular formula is C14H18O10. The van der Waals surface area contributed by atoms with Gasteiger partial charge in [-0.2, -0.15) is 0 Å². The standard InChI is InChI=1S/C14H18O10/c1-11(2)5(7(15)16)13(11,9(19)20)23-24-14(10(21)22)6(8(17)18)12(14,3)4/h5-6H,1-4H3,(H,15,16)(H,17,18)(H,19,20)(H,21,22). The van der Waals surface area contributed by atoms with Crippen LogP contribution in [-0.4, -0.2) is 55.5 Å².